The lowest BCUT2D eigenvalue weighted by Gasteiger charge is -2.50. The van der Waals surface area contributed by atoms with E-state index in [4.69, 9.17) is 4.52 Å². The van der Waals surface area contributed by atoms with Gasteiger partial charge in [0.1, 0.15) is 11.8 Å². The number of nitriles is 1. The number of piperidine rings is 1. The minimum Gasteiger partial charge on any atom is -0.371 e. The van der Waals surface area contributed by atoms with Crippen molar-refractivity contribution in [2.75, 3.05) is 42.5 Å². The number of aryl methyl sites for hydroxylation is 3. The fraction of sp³-hybridized carbons (Fsp3) is 0.381. The van der Waals surface area contributed by atoms with E-state index in [-0.39, 0.29) is 24.3 Å². The molecule has 5 aliphatic rings. The van der Waals surface area contributed by atoms with E-state index in [0.29, 0.717) is 17.0 Å². The first-order valence-electron chi connectivity index (χ1n) is 18.7. The predicted molar refractivity (Wildman–Crippen MR) is 200 cm³/mol. The molecule has 5 heterocycles. The summed E-state index contributed by atoms with van der Waals surface area (Å²) in [5, 5.41) is 16.3. The Morgan fingerprint density at radius 2 is 1.67 bits per heavy atom. The Bertz CT molecular complexity index is 2250. The number of rotatable bonds is 9. The van der Waals surface area contributed by atoms with Crippen molar-refractivity contribution in [2.24, 2.45) is 5.92 Å². The Balaban J connectivity index is 0.882. The molecule has 9 rings (SSSR count). The van der Waals surface area contributed by atoms with Crippen LogP contribution in [-0.2, 0) is 15.0 Å². The van der Waals surface area contributed by atoms with Gasteiger partial charge in [0.15, 0.2) is 0 Å². The molecular weight excluding hydrogens is 683 g/mol. The zero-order chi connectivity index (χ0) is 37.5. The second-order valence-corrected chi connectivity index (χ2v) is 15.6. The van der Waals surface area contributed by atoms with E-state index in [9.17, 15) is 24.4 Å². The molecule has 12 heteroatoms. The lowest BCUT2D eigenvalue weighted by molar-refractivity contribution is -0.136. The van der Waals surface area contributed by atoms with E-state index in [0.717, 1.165) is 95.7 Å². The maximum absolute atomic E-state index is 13.4. The first-order valence-corrected chi connectivity index (χ1v) is 18.7. The minimum atomic E-state index is -0.976. The standard InChI is InChI=1S/C42H41N7O5/c1-24-4-5-28(38-25(2)45-54-26(38)3)16-36(24)48(30-8-6-29(7-9-30)42(23-43)14-15-42)32-21-46(22-32)18-27-19-47(20-27)31-10-11-33-34(17-31)41(53)49(40(33)52)35-12-13-37(50)44-39(35)51/h4-11,16-17,27,32,35H,12-15,18-22H2,1-3H3,(H,44,50,51). The highest BCUT2D eigenvalue weighted by Gasteiger charge is 2.46. The van der Waals surface area contributed by atoms with Crippen LogP contribution in [0, 0.1) is 38.0 Å². The molecular formula is C42H41N7O5. The molecule has 4 amide bonds. The third-order valence-corrected chi connectivity index (χ3v) is 12.0. The molecule has 1 aliphatic carbocycles. The van der Waals surface area contributed by atoms with E-state index in [1.165, 1.54) is 5.56 Å². The summed E-state index contributed by atoms with van der Waals surface area (Å²) in [6.07, 6.45) is 2.05. The maximum atomic E-state index is 13.4. The topological polar surface area (TPSA) is 143 Å². The van der Waals surface area contributed by atoms with Crippen LogP contribution < -0.4 is 15.1 Å². The largest absolute Gasteiger partial charge is 0.371 e. The molecule has 3 aromatic carbocycles. The number of carbonyl (C=O) groups excluding carboxylic acids is 4. The van der Waals surface area contributed by atoms with Gasteiger partial charge in [0.2, 0.25) is 11.8 Å². The van der Waals surface area contributed by atoms with Gasteiger partial charge in [0.05, 0.1) is 34.3 Å². The summed E-state index contributed by atoms with van der Waals surface area (Å²) in [6.45, 7) is 10.5. The van der Waals surface area contributed by atoms with E-state index in [2.05, 4.69) is 80.6 Å². The van der Waals surface area contributed by atoms with Crippen molar-refractivity contribution in [2.45, 2.75) is 64.0 Å². The second-order valence-electron chi connectivity index (χ2n) is 15.6. The number of benzene rings is 3. The number of imide groups is 2. The van der Waals surface area contributed by atoms with Crippen LogP contribution in [-0.4, -0.2) is 83.4 Å². The molecule has 1 saturated carbocycles. The number of hydrogen-bond acceptors (Lipinski definition) is 10. The first kappa shape index (κ1) is 34.0. The summed E-state index contributed by atoms with van der Waals surface area (Å²) >= 11 is 0. The van der Waals surface area contributed by atoms with Crippen molar-refractivity contribution < 1.29 is 23.7 Å². The normalized spacial score (nSPS) is 21.0. The third-order valence-electron chi connectivity index (χ3n) is 12.0. The number of amides is 4. The van der Waals surface area contributed by atoms with Crippen LogP contribution in [0.4, 0.5) is 17.1 Å². The van der Waals surface area contributed by atoms with Crippen molar-refractivity contribution in [1.82, 2.24) is 20.3 Å². The quantitative estimate of drug-likeness (QED) is 0.230. The van der Waals surface area contributed by atoms with Crippen LogP contribution in [0.5, 0.6) is 0 Å². The molecule has 4 aliphatic heterocycles. The monoisotopic (exact) mass is 723 g/mol. The van der Waals surface area contributed by atoms with Crippen molar-refractivity contribution >= 4 is 40.7 Å². The zero-order valence-corrected chi connectivity index (χ0v) is 30.6. The number of nitrogens with zero attached hydrogens (tertiary/aromatic N) is 6. The van der Waals surface area contributed by atoms with E-state index in [1.54, 1.807) is 12.1 Å². The number of nitrogens with one attached hydrogen (secondary N) is 1. The van der Waals surface area contributed by atoms with Crippen molar-refractivity contribution in [3.63, 3.8) is 0 Å². The summed E-state index contributed by atoms with van der Waals surface area (Å²) in [5.41, 5.74) is 8.60. The molecule has 274 valence electrons. The summed E-state index contributed by atoms with van der Waals surface area (Å²) in [6, 6.07) is 22.3. The van der Waals surface area contributed by atoms with Crippen LogP contribution in [0.3, 0.4) is 0 Å². The first-order chi connectivity index (χ1) is 26.0. The number of carbonyl (C=O) groups is 4. The molecule has 54 heavy (non-hydrogen) atoms. The molecule has 1 unspecified atom stereocenters. The molecule has 1 aromatic heterocycles. The lowest BCUT2D eigenvalue weighted by Crippen LogP contribution is -2.62. The van der Waals surface area contributed by atoms with Gasteiger partial charge in [-0.3, -0.25) is 34.3 Å². The second kappa shape index (κ2) is 12.7. The van der Waals surface area contributed by atoms with Crippen LogP contribution in [0.2, 0.25) is 0 Å². The van der Waals surface area contributed by atoms with Gasteiger partial charge >= 0.3 is 0 Å². The number of aromatic nitrogens is 1. The van der Waals surface area contributed by atoms with Crippen molar-refractivity contribution in [1.29, 1.82) is 5.26 Å². The summed E-state index contributed by atoms with van der Waals surface area (Å²) in [7, 11) is 0. The van der Waals surface area contributed by atoms with Gasteiger partial charge in [-0.1, -0.05) is 29.4 Å². The predicted octanol–water partition coefficient (Wildman–Crippen LogP) is 5.18. The fourth-order valence-corrected chi connectivity index (χ4v) is 8.77. The molecule has 0 bridgehead atoms. The summed E-state index contributed by atoms with van der Waals surface area (Å²) < 4.78 is 5.52. The smallest absolute Gasteiger partial charge is 0.262 e. The third kappa shape index (κ3) is 5.57. The SMILES string of the molecule is Cc1ccc(-c2c(C)noc2C)cc1N(c1ccc(C2(C#N)CC2)cc1)C1CN(CC2CN(c3ccc4c(c3)C(=O)N(C3CCC(=O)NC3=O)C4=O)C2)C1. The van der Waals surface area contributed by atoms with Gasteiger partial charge in [-0.2, -0.15) is 5.26 Å². The fourth-order valence-electron chi connectivity index (χ4n) is 8.77. The van der Waals surface area contributed by atoms with Gasteiger partial charge in [0, 0.05) is 67.7 Å². The minimum absolute atomic E-state index is 0.0906. The molecule has 0 spiro atoms. The van der Waals surface area contributed by atoms with Gasteiger partial charge in [-0.05, 0) is 93.1 Å². The average molecular weight is 724 g/mol. The zero-order valence-electron chi connectivity index (χ0n) is 30.6. The van der Waals surface area contributed by atoms with Gasteiger partial charge in [-0.25, -0.2) is 0 Å². The highest BCUT2D eigenvalue weighted by atomic mass is 16.5. The lowest BCUT2D eigenvalue weighted by atomic mass is 9.93. The number of hydrogen-bond donors (Lipinski definition) is 1. The number of likely N-dealkylation sites (tertiary alicyclic amines) is 1. The highest BCUT2D eigenvalue weighted by Crippen LogP contribution is 2.48. The molecule has 4 fully saturated rings. The number of fused-ring (bicyclic) bond motifs is 1. The van der Waals surface area contributed by atoms with Crippen LogP contribution in [0.25, 0.3) is 11.1 Å². The number of anilines is 3. The molecule has 1 atom stereocenters. The average Bonchev–Trinajstić information content (AvgIpc) is 3.81. The molecule has 1 N–H and O–H groups in total. The molecule has 0 radical (unpaired) electrons. The molecule has 4 aromatic rings. The van der Waals surface area contributed by atoms with Crippen LogP contribution in [0.1, 0.15) is 69.0 Å². The van der Waals surface area contributed by atoms with Gasteiger partial charge in [0.25, 0.3) is 11.8 Å². The Labute approximate surface area is 313 Å². The van der Waals surface area contributed by atoms with E-state index in [1.807, 2.05) is 19.9 Å². The van der Waals surface area contributed by atoms with E-state index >= 15 is 0 Å². The Kier molecular flexibility index (Phi) is 7.97. The summed E-state index contributed by atoms with van der Waals surface area (Å²) in [4.78, 5) is 58.8. The van der Waals surface area contributed by atoms with Crippen molar-refractivity contribution in [3.05, 3.63) is 94.4 Å². The highest BCUT2D eigenvalue weighted by molar-refractivity contribution is 6.23. The maximum Gasteiger partial charge on any atom is 0.262 e. The Hall–Kier alpha value is -5.80. The molecule has 3 saturated heterocycles. The Morgan fingerprint density at radius 1 is 0.926 bits per heavy atom. The summed E-state index contributed by atoms with van der Waals surface area (Å²) in [5.74, 6) is -0.730. The van der Waals surface area contributed by atoms with Crippen molar-refractivity contribution in [3.8, 4) is 17.2 Å². The van der Waals surface area contributed by atoms with E-state index < -0.39 is 29.7 Å². The molecule has 12 nitrogen and oxygen atoms in total. The van der Waals surface area contributed by atoms with Gasteiger partial charge in [-0.15, -0.1) is 0 Å². The van der Waals surface area contributed by atoms with Crippen LogP contribution in [0.15, 0.2) is 65.2 Å². The van der Waals surface area contributed by atoms with Gasteiger partial charge < -0.3 is 14.3 Å². The van der Waals surface area contributed by atoms with Crippen LogP contribution >= 0.6 is 0 Å². The Morgan fingerprint density at radius 3 is 2.33 bits per heavy atom.